The molecule has 18 heteroatoms. The average Bonchev–Trinajstić information content (AvgIpc) is 3.74. The highest BCUT2D eigenvalue weighted by Crippen LogP contribution is 2.44. The Morgan fingerprint density at radius 3 is 2.03 bits per heavy atom. The molecule has 0 saturated carbocycles. The van der Waals surface area contributed by atoms with Crippen LogP contribution in [0.3, 0.4) is 0 Å². The van der Waals surface area contributed by atoms with E-state index in [0.29, 0.717) is 16.5 Å². The zero-order valence-electron chi connectivity index (χ0n) is 36.7. The molecule has 4 atom stereocenters. The molecule has 1 heterocycles. The number of esters is 2. The van der Waals surface area contributed by atoms with E-state index in [1.54, 1.807) is 65.8 Å². The third-order valence-electron chi connectivity index (χ3n) is 10.1. The molecular formula is C46H52N6O12. The summed E-state index contributed by atoms with van der Waals surface area (Å²) in [6, 6.07) is 19.2. The number of carbonyl (C=O) groups is 7. The maximum absolute atomic E-state index is 14.3. The molecule has 0 radical (unpaired) electrons. The van der Waals surface area contributed by atoms with Gasteiger partial charge in [0.2, 0.25) is 5.91 Å². The Labute approximate surface area is 369 Å². The number of aromatic nitrogens is 1. The molecule has 0 fully saturated rings. The van der Waals surface area contributed by atoms with E-state index >= 15 is 0 Å². The average molecular weight is 881 g/mol. The molecule has 4 aromatic rings. The standard InChI is InChI=1S/C46H52N6O12/c1-26(33(41(57)48-23-39(54)55)21-38(53)35(50-51-47)22-40(56)63-45(2,3)4)62-42(58)36(20-27-24-52(44(60)64-46(5,6)7)37-19-13-12-14-28(27)37)49-43(59)61-25-34-31-17-10-8-15-29(31)30-16-9-11-18-32(30)34/h8-19,24,26,33-36H,20-23,25H2,1-7H3,(H,48,57)(H,49,59)(H,54,55)/t26-,33+,35+,36+/m1/s1. The van der Waals surface area contributed by atoms with Crippen LogP contribution in [0.5, 0.6) is 0 Å². The second kappa shape index (κ2) is 20.3. The first-order chi connectivity index (χ1) is 30.1. The Morgan fingerprint density at radius 2 is 1.44 bits per heavy atom. The third-order valence-corrected chi connectivity index (χ3v) is 10.1. The number of azide groups is 1. The van der Waals surface area contributed by atoms with Crippen LogP contribution >= 0.6 is 0 Å². The van der Waals surface area contributed by atoms with Crippen molar-refractivity contribution < 1.29 is 57.6 Å². The Morgan fingerprint density at radius 1 is 0.844 bits per heavy atom. The number of hydrogen-bond acceptors (Lipinski definition) is 12. The van der Waals surface area contributed by atoms with Crippen molar-refractivity contribution in [2.24, 2.45) is 11.0 Å². The number of benzene rings is 3. The van der Waals surface area contributed by atoms with E-state index in [0.717, 1.165) is 22.3 Å². The Balaban J connectivity index is 1.44. The highest BCUT2D eigenvalue weighted by molar-refractivity contribution is 5.94. The number of ketones is 1. The number of aliphatic carboxylic acids is 1. The number of nitrogens with zero attached hydrogens (tertiary/aromatic N) is 4. The van der Waals surface area contributed by atoms with Crippen molar-refractivity contribution in [3.63, 3.8) is 0 Å². The molecule has 5 rings (SSSR count). The summed E-state index contributed by atoms with van der Waals surface area (Å²) in [5, 5.41) is 18.0. The maximum atomic E-state index is 14.3. The molecular weight excluding hydrogens is 829 g/mol. The zero-order chi connectivity index (χ0) is 46.9. The van der Waals surface area contributed by atoms with E-state index in [9.17, 15) is 44.2 Å². The van der Waals surface area contributed by atoms with Gasteiger partial charge in [-0.15, -0.1) is 0 Å². The van der Waals surface area contributed by atoms with Gasteiger partial charge in [-0.3, -0.25) is 23.7 Å². The summed E-state index contributed by atoms with van der Waals surface area (Å²) in [5.41, 5.74) is 12.2. The van der Waals surface area contributed by atoms with Gasteiger partial charge >= 0.3 is 30.1 Å². The first-order valence-corrected chi connectivity index (χ1v) is 20.6. The number of para-hydroxylation sites is 1. The van der Waals surface area contributed by atoms with Crippen LogP contribution in [0.4, 0.5) is 9.59 Å². The summed E-state index contributed by atoms with van der Waals surface area (Å²) in [6.07, 6.45) is -3.39. The van der Waals surface area contributed by atoms with Gasteiger partial charge in [-0.2, -0.15) is 0 Å². The summed E-state index contributed by atoms with van der Waals surface area (Å²) >= 11 is 0. The second-order valence-corrected chi connectivity index (χ2v) is 17.3. The molecule has 1 aliphatic carbocycles. The lowest BCUT2D eigenvalue weighted by molar-refractivity contribution is -0.157. The molecule has 2 amide bonds. The molecule has 1 aromatic heterocycles. The lowest BCUT2D eigenvalue weighted by Gasteiger charge is -2.26. The van der Waals surface area contributed by atoms with Gasteiger partial charge in [0, 0.05) is 35.3 Å². The molecule has 0 bridgehead atoms. The second-order valence-electron chi connectivity index (χ2n) is 17.3. The highest BCUT2D eigenvalue weighted by atomic mass is 16.6. The van der Waals surface area contributed by atoms with E-state index in [4.69, 9.17) is 18.9 Å². The van der Waals surface area contributed by atoms with Gasteiger partial charge in [-0.05, 0) is 87.9 Å². The number of Topliss-reactive ketones (excluding diaryl/α,β-unsaturated/α-hetero) is 1. The smallest absolute Gasteiger partial charge is 0.419 e. The normalized spacial score (nSPS) is 14.0. The number of amides is 2. The SMILES string of the molecule is C[C@@H](OC(=O)[C@H](Cc1cn(C(=O)OC(C)(C)C)c2ccccc12)NC(=O)OCC1c2ccccc2-c2ccccc21)[C@H](CC(=O)[C@H](CC(=O)OC(C)(C)C)N=[N+]=[N-])C(=O)NCC(=O)O. The molecule has 1 aliphatic rings. The van der Waals surface area contributed by atoms with E-state index < -0.39 is 96.5 Å². The lowest BCUT2D eigenvalue weighted by Crippen LogP contribution is -2.47. The number of fused-ring (bicyclic) bond motifs is 4. The van der Waals surface area contributed by atoms with Gasteiger partial charge in [0.1, 0.15) is 48.3 Å². The fraction of sp³-hybridized carbons (Fsp3) is 0.413. The quantitative estimate of drug-likeness (QED) is 0.0319. The van der Waals surface area contributed by atoms with Gasteiger partial charge in [0.05, 0.1) is 17.9 Å². The minimum atomic E-state index is -1.62. The first kappa shape index (κ1) is 47.8. The number of nitrogens with one attached hydrogen (secondary N) is 2. The van der Waals surface area contributed by atoms with Crippen molar-refractivity contribution in [1.29, 1.82) is 0 Å². The first-order valence-electron chi connectivity index (χ1n) is 20.6. The Kier molecular flexibility index (Phi) is 15.2. The summed E-state index contributed by atoms with van der Waals surface area (Å²) in [6.45, 7) is 10.3. The van der Waals surface area contributed by atoms with Crippen LogP contribution in [-0.2, 0) is 49.3 Å². The van der Waals surface area contributed by atoms with Crippen molar-refractivity contribution in [2.75, 3.05) is 13.2 Å². The third kappa shape index (κ3) is 12.5. The van der Waals surface area contributed by atoms with Crippen molar-refractivity contribution in [3.8, 4) is 11.1 Å². The monoisotopic (exact) mass is 880 g/mol. The molecule has 3 aromatic carbocycles. The van der Waals surface area contributed by atoms with Crippen molar-refractivity contribution >= 4 is 52.7 Å². The van der Waals surface area contributed by atoms with E-state index in [1.165, 1.54) is 17.7 Å². The fourth-order valence-electron chi connectivity index (χ4n) is 7.36. The predicted molar refractivity (Wildman–Crippen MR) is 232 cm³/mol. The lowest BCUT2D eigenvalue weighted by atomic mass is 9.92. The summed E-state index contributed by atoms with van der Waals surface area (Å²) < 4.78 is 23.7. The number of ether oxygens (including phenoxy) is 4. The molecule has 0 unspecified atom stereocenters. The molecule has 3 N–H and O–H groups in total. The van der Waals surface area contributed by atoms with Crippen LogP contribution in [0, 0.1) is 5.92 Å². The van der Waals surface area contributed by atoms with Crippen LogP contribution in [0.2, 0.25) is 0 Å². The van der Waals surface area contributed by atoms with E-state index in [-0.39, 0.29) is 18.9 Å². The Hall–Kier alpha value is -7.20. The summed E-state index contributed by atoms with van der Waals surface area (Å²) in [5.74, 6) is -7.14. The number of carbonyl (C=O) groups excluding carboxylic acids is 6. The van der Waals surface area contributed by atoms with E-state index in [2.05, 4.69) is 20.7 Å². The summed E-state index contributed by atoms with van der Waals surface area (Å²) in [7, 11) is 0. The Bertz CT molecular complexity index is 2430. The number of rotatable bonds is 17. The van der Waals surface area contributed by atoms with Gasteiger partial charge < -0.3 is 34.7 Å². The van der Waals surface area contributed by atoms with Crippen LogP contribution in [0.25, 0.3) is 32.5 Å². The molecule has 338 valence electrons. The summed E-state index contributed by atoms with van der Waals surface area (Å²) in [4.78, 5) is 95.1. The van der Waals surface area contributed by atoms with Crippen molar-refractivity contribution in [2.45, 2.75) is 103 Å². The van der Waals surface area contributed by atoms with Crippen LogP contribution in [0.1, 0.15) is 83.9 Å². The molecule has 0 saturated heterocycles. The highest BCUT2D eigenvalue weighted by Gasteiger charge is 2.37. The fourth-order valence-corrected chi connectivity index (χ4v) is 7.36. The van der Waals surface area contributed by atoms with Gasteiger partial charge in [0.15, 0.2) is 0 Å². The molecule has 18 nitrogen and oxygen atoms in total. The number of carboxylic acid groups (broad SMARTS) is 1. The molecule has 0 aliphatic heterocycles. The van der Waals surface area contributed by atoms with Crippen LogP contribution in [-0.4, -0.2) is 94.0 Å². The molecule has 0 spiro atoms. The largest absolute Gasteiger partial charge is 0.480 e. The predicted octanol–water partition coefficient (Wildman–Crippen LogP) is 6.99. The topological polar surface area (TPSA) is 254 Å². The van der Waals surface area contributed by atoms with Gasteiger partial charge in [-0.25, -0.2) is 14.4 Å². The molecule has 64 heavy (non-hydrogen) atoms. The zero-order valence-corrected chi connectivity index (χ0v) is 36.7. The number of alkyl carbamates (subject to hydrolysis) is 1. The van der Waals surface area contributed by atoms with Crippen molar-refractivity contribution in [1.82, 2.24) is 15.2 Å². The van der Waals surface area contributed by atoms with Crippen molar-refractivity contribution in [3.05, 3.63) is 106 Å². The maximum Gasteiger partial charge on any atom is 0.419 e. The van der Waals surface area contributed by atoms with Gasteiger partial charge in [-0.1, -0.05) is 71.8 Å². The van der Waals surface area contributed by atoms with Gasteiger partial charge in [0.25, 0.3) is 0 Å². The minimum Gasteiger partial charge on any atom is -0.480 e. The van der Waals surface area contributed by atoms with E-state index in [1.807, 2.05) is 48.5 Å². The number of carboxylic acids is 1. The van der Waals surface area contributed by atoms with Crippen LogP contribution < -0.4 is 10.6 Å². The van der Waals surface area contributed by atoms with Crippen LogP contribution in [0.15, 0.2) is 84.1 Å². The minimum absolute atomic E-state index is 0.0977. The number of hydrogen-bond donors (Lipinski definition) is 3.